The lowest BCUT2D eigenvalue weighted by atomic mass is 10.0. The first-order valence-corrected chi connectivity index (χ1v) is 6.36. The number of carbonyl (C=O) groups is 2. The quantitative estimate of drug-likeness (QED) is 0.885. The minimum absolute atomic E-state index is 0.196. The van der Waals surface area contributed by atoms with Gasteiger partial charge in [0.1, 0.15) is 17.9 Å². The first-order chi connectivity index (χ1) is 8.97. The van der Waals surface area contributed by atoms with Crippen LogP contribution in [0.1, 0.15) is 25.8 Å². The Morgan fingerprint density at radius 1 is 1.37 bits per heavy atom. The minimum atomic E-state index is -0.585. The Morgan fingerprint density at radius 2 is 2.05 bits per heavy atom. The van der Waals surface area contributed by atoms with Gasteiger partial charge in [0.2, 0.25) is 11.8 Å². The molecule has 5 heteroatoms. The monoisotopic (exact) mass is 264 g/mol. The van der Waals surface area contributed by atoms with Crippen LogP contribution in [0.5, 0.6) is 0 Å². The minimum Gasteiger partial charge on any atom is -0.343 e. The van der Waals surface area contributed by atoms with E-state index in [1.165, 1.54) is 11.0 Å². The molecular formula is C14H17FN2O2. The number of amides is 2. The Morgan fingerprint density at radius 3 is 2.68 bits per heavy atom. The molecule has 2 unspecified atom stereocenters. The normalized spacial score (nSPS) is 23.5. The number of piperazine rings is 1. The van der Waals surface area contributed by atoms with Crippen molar-refractivity contribution in [2.24, 2.45) is 0 Å². The molecule has 1 saturated heterocycles. The zero-order valence-electron chi connectivity index (χ0n) is 11.2. The molecule has 102 valence electrons. The van der Waals surface area contributed by atoms with Crippen molar-refractivity contribution in [1.82, 2.24) is 5.32 Å². The lowest BCUT2D eigenvalue weighted by molar-refractivity contribution is -0.133. The van der Waals surface area contributed by atoms with Gasteiger partial charge in [-0.15, -0.1) is 0 Å². The van der Waals surface area contributed by atoms with Gasteiger partial charge in [-0.25, -0.2) is 4.39 Å². The van der Waals surface area contributed by atoms with Gasteiger partial charge >= 0.3 is 0 Å². The molecule has 4 nitrogen and oxygen atoms in total. The van der Waals surface area contributed by atoms with Crippen molar-refractivity contribution in [3.63, 3.8) is 0 Å². The molecule has 0 saturated carbocycles. The highest BCUT2D eigenvalue weighted by Crippen LogP contribution is 2.27. The van der Waals surface area contributed by atoms with E-state index in [0.29, 0.717) is 17.7 Å². The van der Waals surface area contributed by atoms with Crippen molar-refractivity contribution in [1.29, 1.82) is 0 Å². The molecule has 19 heavy (non-hydrogen) atoms. The van der Waals surface area contributed by atoms with Crippen LogP contribution in [-0.2, 0) is 9.59 Å². The van der Waals surface area contributed by atoms with E-state index < -0.39 is 12.1 Å². The average molecular weight is 264 g/mol. The van der Waals surface area contributed by atoms with Crippen LogP contribution in [0.15, 0.2) is 18.2 Å². The van der Waals surface area contributed by atoms with Gasteiger partial charge in [0.25, 0.3) is 0 Å². The van der Waals surface area contributed by atoms with E-state index >= 15 is 0 Å². The van der Waals surface area contributed by atoms with Gasteiger partial charge in [-0.3, -0.25) is 14.5 Å². The molecule has 1 N–H and O–H groups in total. The number of halogens is 1. The van der Waals surface area contributed by atoms with Crippen molar-refractivity contribution in [3.8, 4) is 0 Å². The molecule has 0 radical (unpaired) electrons. The van der Waals surface area contributed by atoms with E-state index in [0.717, 1.165) is 0 Å². The van der Waals surface area contributed by atoms with Gasteiger partial charge in [0.05, 0.1) is 5.69 Å². The number of hydrogen-bond acceptors (Lipinski definition) is 2. The summed E-state index contributed by atoms with van der Waals surface area (Å²) in [6, 6.07) is 3.40. The Labute approximate surface area is 111 Å². The van der Waals surface area contributed by atoms with Crippen LogP contribution in [0, 0.1) is 12.7 Å². The van der Waals surface area contributed by atoms with Gasteiger partial charge in [-0.2, -0.15) is 0 Å². The van der Waals surface area contributed by atoms with Crippen molar-refractivity contribution in [2.75, 3.05) is 4.90 Å². The van der Waals surface area contributed by atoms with Gasteiger partial charge in [-0.1, -0.05) is 13.0 Å². The zero-order valence-corrected chi connectivity index (χ0v) is 11.2. The number of hydrogen-bond donors (Lipinski definition) is 1. The number of rotatable bonds is 2. The van der Waals surface area contributed by atoms with Crippen LogP contribution >= 0.6 is 0 Å². The smallest absolute Gasteiger partial charge is 0.250 e. The van der Waals surface area contributed by atoms with E-state index in [2.05, 4.69) is 5.32 Å². The third-order valence-electron chi connectivity index (χ3n) is 3.47. The summed E-state index contributed by atoms with van der Waals surface area (Å²) in [5.41, 5.74) is 0.856. The number of benzene rings is 1. The fourth-order valence-electron chi connectivity index (χ4n) is 2.36. The van der Waals surface area contributed by atoms with Crippen LogP contribution in [-0.4, -0.2) is 23.9 Å². The second kappa shape index (κ2) is 4.99. The molecule has 1 aromatic carbocycles. The third kappa shape index (κ3) is 2.20. The first kappa shape index (κ1) is 13.5. The summed E-state index contributed by atoms with van der Waals surface area (Å²) in [7, 11) is 0. The van der Waals surface area contributed by atoms with E-state index in [9.17, 15) is 14.0 Å². The highest BCUT2D eigenvalue weighted by molar-refractivity contribution is 6.08. The van der Waals surface area contributed by atoms with Crippen LogP contribution in [0.4, 0.5) is 10.1 Å². The van der Waals surface area contributed by atoms with Crippen molar-refractivity contribution < 1.29 is 14.0 Å². The highest BCUT2D eigenvalue weighted by atomic mass is 19.1. The fourth-order valence-corrected chi connectivity index (χ4v) is 2.36. The van der Waals surface area contributed by atoms with Gasteiger partial charge in [-0.05, 0) is 32.4 Å². The molecule has 1 heterocycles. The van der Waals surface area contributed by atoms with E-state index in [-0.39, 0.29) is 17.6 Å². The summed E-state index contributed by atoms with van der Waals surface area (Å²) >= 11 is 0. The Balaban J connectivity index is 2.52. The number of anilines is 1. The summed E-state index contributed by atoms with van der Waals surface area (Å²) in [6.07, 6.45) is 0.486. The predicted molar refractivity (Wildman–Crippen MR) is 70.3 cm³/mol. The molecule has 2 atom stereocenters. The number of nitrogens with zero attached hydrogens (tertiary/aromatic N) is 1. The molecule has 0 aromatic heterocycles. The molecule has 0 bridgehead atoms. The largest absolute Gasteiger partial charge is 0.343 e. The molecule has 1 fully saturated rings. The Hall–Kier alpha value is -1.91. The maximum absolute atomic E-state index is 13.6. The lowest BCUT2D eigenvalue weighted by Gasteiger charge is -2.38. The molecule has 1 aromatic rings. The summed E-state index contributed by atoms with van der Waals surface area (Å²) in [6.45, 7) is 5.07. The summed E-state index contributed by atoms with van der Waals surface area (Å²) in [5, 5.41) is 2.64. The van der Waals surface area contributed by atoms with Gasteiger partial charge in [0.15, 0.2) is 0 Å². The topological polar surface area (TPSA) is 49.4 Å². The molecule has 2 amide bonds. The fraction of sp³-hybridized carbons (Fsp3) is 0.429. The Kier molecular flexibility index (Phi) is 3.55. The van der Waals surface area contributed by atoms with E-state index in [1.54, 1.807) is 26.0 Å². The maximum Gasteiger partial charge on any atom is 0.250 e. The van der Waals surface area contributed by atoms with Crippen LogP contribution in [0.25, 0.3) is 0 Å². The first-order valence-electron chi connectivity index (χ1n) is 6.36. The van der Waals surface area contributed by atoms with Gasteiger partial charge < -0.3 is 5.32 Å². The summed E-state index contributed by atoms with van der Waals surface area (Å²) in [4.78, 5) is 25.7. The number of carbonyl (C=O) groups excluding carboxylic acids is 2. The van der Waals surface area contributed by atoms with E-state index in [1.807, 2.05) is 6.92 Å². The second-order valence-electron chi connectivity index (χ2n) is 4.75. The summed E-state index contributed by atoms with van der Waals surface area (Å²) in [5.74, 6) is -0.780. The third-order valence-corrected chi connectivity index (χ3v) is 3.47. The van der Waals surface area contributed by atoms with Crippen molar-refractivity contribution in [3.05, 3.63) is 29.6 Å². The molecule has 1 aliphatic heterocycles. The maximum atomic E-state index is 13.6. The lowest BCUT2D eigenvalue weighted by Crippen LogP contribution is -2.62. The highest BCUT2D eigenvalue weighted by Gasteiger charge is 2.39. The van der Waals surface area contributed by atoms with Crippen LogP contribution in [0.3, 0.4) is 0 Å². The zero-order chi connectivity index (χ0) is 14.2. The molecular weight excluding hydrogens is 247 g/mol. The summed E-state index contributed by atoms with van der Waals surface area (Å²) < 4.78 is 13.6. The standard InChI is InChI=1S/C14H17FN2O2/c1-4-11-13(18)16-9(3)14(19)17(11)12-7-5-6-10(15)8(12)2/h5-7,9,11H,4H2,1-3H3,(H,16,18). The SMILES string of the molecule is CCC1C(=O)NC(C)C(=O)N1c1cccc(F)c1C. The van der Waals surface area contributed by atoms with Crippen LogP contribution < -0.4 is 10.2 Å². The molecule has 2 rings (SSSR count). The van der Waals surface area contributed by atoms with Crippen LogP contribution in [0.2, 0.25) is 0 Å². The predicted octanol–water partition coefficient (Wildman–Crippen LogP) is 1.76. The number of nitrogens with one attached hydrogen (secondary N) is 1. The van der Waals surface area contributed by atoms with Gasteiger partial charge in [0, 0.05) is 5.56 Å². The van der Waals surface area contributed by atoms with Crippen molar-refractivity contribution >= 4 is 17.5 Å². The van der Waals surface area contributed by atoms with Crippen molar-refractivity contribution in [2.45, 2.75) is 39.3 Å². The molecule has 0 spiro atoms. The average Bonchev–Trinajstić information content (AvgIpc) is 2.37. The molecule has 1 aliphatic rings. The molecule has 0 aliphatic carbocycles. The Bertz CT molecular complexity index is 530. The van der Waals surface area contributed by atoms with E-state index in [4.69, 9.17) is 0 Å². The second-order valence-corrected chi connectivity index (χ2v) is 4.75.